The minimum Gasteiger partial charge on any atom is -0.467 e. The number of rotatable bonds is 6. The summed E-state index contributed by atoms with van der Waals surface area (Å²) in [5, 5.41) is 5.49. The van der Waals surface area contributed by atoms with E-state index in [2.05, 4.69) is 10.6 Å². The number of hydrogen-bond acceptors (Lipinski definition) is 5. The second kappa shape index (κ2) is 6.88. The molecule has 1 aliphatic heterocycles. The Morgan fingerprint density at radius 3 is 2.48 bits per heavy atom. The molecule has 3 rings (SSSR count). The first-order chi connectivity index (χ1) is 12.0. The lowest BCUT2D eigenvalue weighted by atomic mass is 9.91. The predicted molar refractivity (Wildman–Crippen MR) is 88.7 cm³/mol. The number of nitrogens with one attached hydrogen (secondary N) is 2. The van der Waals surface area contributed by atoms with E-state index in [1.165, 1.54) is 6.26 Å². The van der Waals surface area contributed by atoms with Crippen LogP contribution in [0.15, 0.2) is 41.0 Å². The lowest BCUT2D eigenvalue weighted by Crippen LogP contribution is -2.47. The minimum absolute atomic E-state index is 0.202. The van der Waals surface area contributed by atoms with Gasteiger partial charge in [-0.2, -0.15) is 0 Å². The quantitative estimate of drug-likeness (QED) is 0.782. The number of ether oxygens (including phenoxy) is 2. The molecule has 1 aromatic heterocycles. The fourth-order valence-electron chi connectivity index (χ4n) is 2.36. The Hall–Kier alpha value is -2.96. The molecule has 2 N–H and O–H groups in total. The van der Waals surface area contributed by atoms with Gasteiger partial charge in [-0.15, -0.1) is 0 Å². The van der Waals surface area contributed by atoms with Crippen LogP contribution in [0.5, 0.6) is 11.5 Å². The molecule has 25 heavy (non-hydrogen) atoms. The third-order valence-corrected chi connectivity index (χ3v) is 4.03. The lowest BCUT2D eigenvalue weighted by molar-refractivity contribution is -0.141. The summed E-state index contributed by atoms with van der Waals surface area (Å²) in [4.78, 5) is 24.7. The average molecular weight is 344 g/mol. The van der Waals surface area contributed by atoms with Gasteiger partial charge in [-0.25, -0.2) is 0 Å². The molecule has 0 radical (unpaired) electrons. The molecule has 0 saturated heterocycles. The van der Waals surface area contributed by atoms with E-state index in [1.54, 1.807) is 32.0 Å². The standard InChI is InChI=1S/C18H20N2O5/c1-18(2,17(22)20-10-13-4-3-7-23-13)16(21)19-9-12-5-6-14-15(8-12)25-11-24-14/h3-8H,9-11H2,1-2H3,(H,19,21)(H,20,22). The molecule has 0 fully saturated rings. The van der Waals surface area contributed by atoms with Gasteiger partial charge in [0.1, 0.15) is 11.2 Å². The van der Waals surface area contributed by atoms with Crippen molar-refractivity contribution in [2.45, 2.75) is 26.9 Å². The van der Waals surface area contributed by atoms with Crippen LogP contribution in [0.1, 0.15) is 25.2 Å². The Balaban J connectivity index is 1.54. The average Bonchev–Trinajstić information content (AvgIpc) is 3.28. The van der Waals surface area contributed by atoms with Crippen LogP contribution < -0.4 is 20.1 Å². The topological polar surface area (TPSA) is 89.8 Å². The van der Waals surface area contributed by atoms with E-state index in [-0.39, 0.29) is 25.2 Å². The van der Waals surface area contributed by atoms with Crippen LogP contribution in [0.3, 0.4) is 0 Å². The van der Waals surface area contributed by atoms with Crippen LogP contribution in [0.25, 0.3) is 0 Å². The van der Waals surface area contributed by atoms with Crippen LogP contribution in [0.4, 0.5) is 0 Å². The summed E-state index contributed by atoms with van der Waals surface area (Å²) in [6.45, 7) is 3.90. The van der Waals surface area contributed by atoms with Crippen molar-refractivity contribution in [2.75, 3.05) is 6.79 Å². The maximum Gasteiger partial charge on any atom is 0.235 e. The van der Waals surface area contributed by atoms with Gasteiger partial charge in [0.25, 0.3) is 0 Å². The summed E-state index contributed by atoms with van der Waals surface area (Å²) in [5.41, 5.74) is -0.340. The van der Waals surface area contributed by atoms with E-state index < -0.39 is 5.41 Å². The lowest BCUT2D eigenvalue weighted by Gasteiger charge is -2.22. The predicted octanol–water partition coefficient (Wildman–Crippen LogP) is 1.97. The molecule has 2 heterocycles. The highest BCUT2D eigenvalue weighted by Gasteiger charge is 2.35. The molecule has 7 nitrogen and oxygen atoms in total. The molecule has 0 atom stereocenters. The highest BCUT2D eigenvalue weighted by molar-refractivity contribution is 6.04. The molecule has 0 saturated carbocycles. The van der Waals surface area contributed by atoms with Crippen molar-refractivity contribution in [2.24, 2.45) is 5.41 Å². The first-order valence-electron chi connectivity index (χ1n) is 7.94. The summed E-state index contributed by atoms with van der Waals surface area (Å²) in [5.74, 6) is 1.24. The normalized spacial score (nSPS) is 12.7. The van der Waals surface area contributed by atoms with Gasteiger partial charge in [-0.05, 0) is 43.7 Å². The highest BCUT2D eigenvalue weighted by Crippen LogP contribution is 2.32. The molecule has 0 bridgehead atoms. The first-order valence-corrected chi connectivity index (χ1v) is 7.94. The third kappa shape index (κ3) is 3.76. The molecule has 132 valence electrons. The number of hydrogen-bond donors (Lipinski definition) is 2. The smallest absolute Gasteiger partial charge is 0.235 e. The van der Waals surface area contributed by atoms with Crippen LogP contribution in [-0.4, -0.2) is 18.6 Å². The Morgan fingerprint density at radius 1 is 1.04 bits per heavy atom. The van der Waals surface area contributed by atoms with E-state index in [4.69, 9.17) is 13.9 Å². The molecule has 1 aromatic carbocycles. The van der Waals surface area contributed by atoms with Gasteiger partial charge in [0, 0.05) is 6.54 Å². The zero-order valence-corrected chi connectivity index (χ0v) is 14.1. The van der Waals surface area contributed by atoms with Gasteiger partial charge in [0.2, 0.25) is 18.6 Å². The van der Waals surface area contributed by atoms with E-state index in [0.29, 0.717) is 23.8 Å². The largest absolute Gasteiger partial charge is 0.467 e. The summed E-state index contributed by atoms with van der Waals surface area (Å²) >= 11 is 0. The Labute approximate surface area is 145 Å². The van der Waals surface area contributed by atoms with E-state index in [0.717, 1.165) is 5.56 Å². The van der Waals surface area contributed by atoms with Gasteiger partial charge in [-0.3, -0.25) is 9.59 Å². The molecule has 0 aliphatic carbocycles. The Kier molecular flexibility index (Phi) is 4.65. The van der Waals surface area contributed by atoms with Crippen LogP contribution in [-0.2, 0) is 22.7 Å². The van der Waals surface area contributed by atoms with Crippen molar-refractivity contribution in [1.29, 1.82) is 0 Å². The van der Waals surface area contributed by atoms with Crippen LogP contribution in [0.2, 0.25) is 0 Å². The first kappa shape index (κ1) is 16.9. The van der Waals surface area contributed by atoms with E-state index in [1.807, 2.05) is 12.1 Å². The van der Waals surface area contributed by atoms with Crippen LogP contribution >= 0.6 is 0 Å². The molecule has 0 spiro atoms. The molecule has 1 aliphatic rings. The molecular weight excluding hydrogens is 324 g/mol. The third-order valence-electron chi connectivity index (χ3n) is 4.03. The van der Waals surface area contributed by atoms with E-state index >= 15 is 0 Å². The van der Waals surface area contributed by atoms with Crippen molar-refractivity contribution in [3.63, 3.8) is 0 Å². The maximum absolute atomic E-state index is 12.4. The fraction of sp³-hybridized carbons (Fsp3) is 0.333. The van der Waals surface area contributed by atoms with Crippen molar-refractivity contribution >= 4 is 11.8 Å². The summed E-state index contributed by atoms with van der Waals surface area (Å²) < 4.78 is 15.7. The van der Waals surface area contributed by atoms with Gasteiger partial charge in [0.15, 0.2) is 11.5 Å². The second-order valence-electron chi connectivity index (χ2n) is 6.26. The van der Waals surface area contributed by atoms with Gasteiger partial charge in [0.05, 0.1) is 12.8 Å². The Morgan fingerprint density at radius 2 is 1.76 bits per heavy atom. The van der Waals surface area contributed by atoms with Crippen molar-refractivity contribution in [3.8, 4) is 11.5 Å². The summed E-state index contributed by atoms with van der Waals surface area (Å²) in [6.07, 6.45) is 1.53. The second-order valence-corrected chi connectivity index (χ2v) is 6.26. The zero-order chi connectivity index (χ0) is 17.9. The molecular formula is C18H20N2O5. The minimum atomic E-state index is -1.21. The fourth-order valence-corrected chi connectivity index (χ4v) is 2.36. The molecule has 0 unspecified atom stereocenters. The zero-order valence-electron chi connectivity index (χ0n) is 14.1. The molecule has 2 aromatic rings. The van der Waals surface area contributed by atoms with E-state index in [9.17, 15) is 9.59 Å². The van der Waals surface area contributed by atoms with Crippen molar-refractivity contribution in [3.05, 3.63) is 47.9 Å². The highest BCUT2D eigenvalue weighted by atomic mass is 16.7. The van der Waals surface area contributed by atoms with Gasteiger partial charge < -0.3 is 24.5 Å². The number of furan rings is 1. The number of carbonyl (C=O) groups excluding carboxylic acids is 2. The molecule has 7 heteroatoms. The van der Waals surface area contributed by atoms with Crippen molar-refractivity contribution in [1.82, 2.24) is 10.6 Å². The summed E-state index contributed by atoms with van der Waals surface area (Å²) in [7, 11) is 0. The van der Waals surface area contributed by atoms with Crippen molar-refractivity contribution < 1.29 is 23.5 Å². The summed E-state index contributed by atoms with van der Waals surface area (Å²) in [6, 6.07) is 8.95. The monoisotopic (exact) mass is 344 g/mol. The number of amides is 2. The number of carbonyl (C=O) groups is 2. The molecule has 2 amide bonds. The SMILES string of the molecule is CC(C)(C(=O)NCc1ccc2c(c1)OCO2)C(=O)NCc1ccco1. The van der Waals surface area contributed by atoms with Gasteiger partial charge in [-0.1, -0.05) is 6.07 Å². The number of benzene rings is 1. The maximum atomic E-state index is 12.4. The van der Waals surface area contributed by atoms with Gasteiger partial charge >= 0.3 is 0 Å². The Bertz CT molecular complexity index is 768. The van der Waals surface area contributed by atoms with Crippen LogP contribution in [0, 0.1) is 5.41 Å². The number of fused-ring (bicyclic) bond motifs is 1.